The van der Waals surface area contributed by atoms with Crippen molar-refractivity contribution in [2.75, 3.05) is 0 Å². The van der Waals surface area contributed by atoms with Gasteiger partial charge in [0.05, 0.1) is 6.20 Å². The van der Waals surface area contributed by atoms with Gasteiger partial charge in [-0.1, -0.05) is 0 Å². The predicted molar refractivity (Wildman–Crippen MR) is 63.0 cm³/mol. The minimum Gasteiger partial charge on any atom is -0.352 e. The fourth-order valence-corrected chi connectivity index (χ4v) is 1.47. The number of aryl methyl sites for hydroxylation is 1. The van der Waals surface area contributed by atoms with Crippen molar-refractivity contribution in [1.82, 2.24) is 20.5 Å². The van der Waals surface area contributed by atoms with Crippen molar-refractivity contribution >= 4 is 5.91 Å². The van der Waals surface area contributed by atoms with Gasteiger partial charge in [0.2, 0.25) is 5.91 Å². The molecule has 0 aliphatic rings. The van der Waals surface area contributed by atoms with Crippen LogP contribution in [-0.2, 0) is 17.8 Å². The van der Waals surface area contributed by atoms with Crippen molar-refractivity contribution in [2.45, 2.75) is 19.4 Å². The highest BCUT2D eigenvalue weighted by atomic mass is 16.1. The number of pyridine rings is 1. The number of hydrogen-bond acceptors (Lipinski definition) is 3. The molecule has 88 valence electrons. The van der Waals surface area contributed by atoms with Gasteiger partial charge in [-0.3, -0.25) is 14.9 Å². The second kappa shape index (κ2) is 5.79. The maximum absolute atomic E-state index is 11.6. The summed E-state index contributed by atoms with van der Waals surface area (Å²) in [4.78, 5) is 15.5. The summed E-state index contributed by atoms with van der Waals surface area (Å²) in [5.74, 6) is 0.0445. The van der Waals surface area contributed by atoms with Gasteiger partial charge < -0.3 is 5.32 Å². The average Bonchev–Trinajstić information content (AvgIpc) is 2.88. The maximum atomic E-state index is 11.6. The van der Waals surface area contributed by atoms with Gasteiger partial charge in [0, 0.05) is 37.1 Å². The Balaban J connectivity index is 1.71. The number of H-pyrrole nitrogens is 1. The number of nitrogens with one attached hydrogen (secondary N) is 2. The number of aromatic nitrogens is 3. The van der Waals surface area contributed by atoms with Crippen LogP contribution in [0.2, 0.25) is 0 Å². The summed E-state index contributed by atoms with van der Waals surface area (Å²) >= 11 is 0. The van der Waals surface area contributed by atoms with E-state index >= 15 is 0 Å². The Kier molecular flexibility index (Phi) is 3.85. The monoisotopic (exact) mass is 230 g/mol. The second-order valence-electron chi connectivity index (χ2n) is 3.74. The Morgan fingerprint density at radius 2 is 2.12 bits per heavy atom. The van der Waals surface area contributed by atoms with Crippen molar-refractivity contribution in [3.8, 4) is 0 Å². The minimum atomic E-state index is 0.0445. The number of amides is 1. The molecule has 17 heavy (non-hydrogen) atoms. The van der Waals surface area contributed by atoms with Gasteiger partial charge >= 0.3 is 0 Å². The summed E-state index contributed by atoms with van der Waals surface area (Å²) in [5, 5.41) is 9.35. The van der Waals surface area contributed by atoms with Crippen LogP contribution < -0.4 is 5.32 Å². The largest absolute Gasteiger partial charge is 0.352 e. The van der Waals surface area contributed by atoms with E-state index < -0.39 is 0 Å². The molecule has 0 radical (unpaired) electrons. The van der Waals surface area contributed by atoms with Crippen LogP contribution in [0.5, 0.6) is 0 Å². The van der Waals surface area contributed by atoms with Crippen molar-refractivity contribution in [2.24, 2.45) is 0 Å². The third-order valence-corrected chi connectivity index (χ3v) is 2.43. The highest BCUT2D eigenvalue weighted by Gasteiger charge is 2.02. The Hall–Kier alpha value is -2.17. The van der Waals surface area contributed by atoms with Gasteiger partial charge in [-0.05, 0) is 24.1 Å². The minimum absolute atomic E-state index is 0.0445. The number of rotatable bonds is 5. The number of hydrogen-bond donors (Lipinski definition) is 2. The van der Waals surface area contributed by atoms with Crippen molar-refractivity contribution in [3.05, 3.63) is 48.0 Å². The molecule has 5 nitrogen and oxygen atoms in total. The molecule has 0 saturated heterocycles. The molecule has 2 rings (SSSR count). The summed E-state index contributed by atoms with van der Waals surface area (Å²) in [6, 6.07) is 3.84. The highest BCUT2D eigenvalue weighted by Crippen LogP contribution is 2.01. The molecule has 0 aliphatic heterocycles. The zero-order valence-corrected chi connectivity index (χ0v) is 9.39. The van der Waals surface area contributed by atoms with Crippen LogP contribution in [0.3, 0.4) is 0 Å². The molecule has 0 unspecified atom stereocenters. The van der Waals surface area contributed by atoms with Gasteiger partial charge in [0.15, 0.2) is 0 Å². The molecular weight excluding hydrogens is 216 g/mol. The van der Waals surface area contributed by atoms with Gasteiger partial charge in [-0.2, -0.15) is 5.10 Å². The fourth-order valence-electron chi connectivity index (χ4n) is 1.47. The molecule has 0 bridgehead atoms. The van der Waals surface area contributed by atoms with Crippen LogP contribution in [-0.4, -0.2) is 21.1 Å². The van der Waals surface area contributed by atoms with Crippen LogP contribution in [0.4, 0.5) is 0 Å². The Morgan fingerprint density at radius 3 is 2.82 bits per heavy atom. The average molecular weight is 230 g/mol. The highest BCUT2D eigenvalue weighted by molar-refractivity contribution is 5.76. The van der Waals surface area contributed by atoms with Gasteiger partial charge in [-0.15, -0.1) is 0 Å². The lowest BCUT2D eigenvalue weighted by Gasteiger charge is -2.03. The first-order chi connectivity index (χ1) is 8.34. The first kappa shape index (κ1) is 11.3. The van der Waals surface area contributed by atoms with Gasteiger partial charge in [0.1, 0.15) is 0 Å². The second-order valence-corrected chi connectivity index (χ2v) is 3.74. The smallest absolute Gasteiger partial charge is 0.220 e. The summed E-state index contributed by atoms with van der Waals surface area (Å²) in [7, 11) is 0. The normalized spacial score (nSPS) is 10.1. The number of nitrogens with zero attached hydrogens (tertiary/aromatic N) is 2. The van der Waals surface area contributed by atoms with Gasteiger partial charge in [-0.25, -0.2) is 0 Å². The summed E-state index contributed by atoms with van der Waals surface area (Å²) in [6.07, 6.45) is 8.16. The first-order valence-electron chi connectivity index (χ1n) is 5.48. The molecule has 1 amide bonds. The Morgan fingerprint density at radius 1 is 1.29 bits per heavy atom. The number of aromatic amines is 1. The van der Waals surface area contributed by atoms with E-state index in [0.717, 1.165) is 17.5 Å². The van der Waals surface area contributed by atoms with Crippen LogP contribution in [0.1, 0.15) is 17.5 Å². The standard InChI is InChI=1S/C12H14N4O/c17-12(14-7-11-8-15-16-9-11)2-1-10-3-5-13-6-4-10/h3-6,8-9H,1-2,7H2,(H,14,17)(H,15,16). The molecule has 2 aromatic rings. The Bertz CT molecular complexity index is 453. The van der Waals surface area contributed by atoms with Crippen molar-refractivity contribution in [3.63, 3.8) is 0 Å². The summed E-state index contributed by atoms with van der Waals surface area (Å²) in [5.41, 5.74) is 2.10. The van der Waals surface area contributed by atoms with E-state index in [-0.39, 0.29) is 5.91 Å². The van der Waals surface area contributed by atoms with E-state index in [1.165, 1.54) is 0 Å². The zero-order valence-electron chi connectivity index (χ0n) is 9.39. The van der Waals surface area contributed by atoms with Gasteiger partial charge in [0.25, 0.3) is 0 Å². The molecule has 2 heterocycles. The quantitative estimate of drug-likeness (QED) is 0.806. The van der Waals surface area contributed by atoms with Crippen molar-refractivity contribution < 1.29 is 4.79 Å². The number of carbonyl (C=O) groups excluding carboxylic acids is 1. The van der Waals surface area contributed by atoms with E-state index in [4.69, 9.17) is 0 Å². The molecule has 0 saturated carbocycles. The summed E-state index contributed by atoms with van der Waals surface area (Å²) in [6.45, 7) is 0.520. The fraction of sp³-hybridized carbons (Fsp3) is 0.250. The molecule has 0 aliphatic carbocycles. The Labute approximate surface area is 99.3 Å². The maximum Gasteiger partial charge on any atom is 0.220 e. The van der Waals surface area contributed by atoms with E-state index in [0.29, 0.717) is 13.0 Å². The van der Waals surface area contributed by atoms with E-state index in [2.05, 4.69) is 20.5 Å². The lowest BCUT2D eigenvalue weighted by molar-refractivity contribution is -0.121. The lowest BCUT2D eigenvalue weighted by atomic mass is 10.1. The number of carbonyl (C=O) groups is 1. The molecule has 2 aromatic heterocycles. The summed E-state index contributed by atoms with van der Waals surface area (Å²) < 4.78 is 0. The molecule has 2 N–H and O–H groups in total. The third kappa shape index (κ3) is 3.71. The zero-order chi connectivity index (χ0) is 11.9. The molecule has 0 spiro atoms. The lowest BCUT2D eigenvalue weighted by Crippen LogP contribution is -2.22. The van der Waals surface area contributed by atoms with Crippen molar-refractivity contribution in [1.29, 1.82) is 0 Å². The topological polar surface area (TPSA) is 70.7 Å². The van der Waals surface area contributed by atoms with Crippen LogP contribution >= 0.6 is 0 Å². The molecule has 5 heteroatoms. The third-order valence-electron chi connectivity index (χ3n) is 2.43. The van der Waals surface area contributed by atoms with Crippen LogP contribution in [0.15, 0.2) is 36.9 Å². The molecule has 0 aromatic carbocycles. The van der Waals surface area contributed by atoms with E-state index in [9.17, 15) is 4.79 Å². The SMILES string of the molecule is O=C(CCc1ccncc1)NCc1cn[nH]c1. The first-order valence-corrected chi connectivity index (χ1v) is 5.48. The van der Waals surface area contributed by atoms with Crippen LogP contribution in [0, 0.1) is 0 Å². The molecule has 0 fully saturated rings. The predicted octanol–water partition coefficient (Wildman–Crippen LogP) is 1.05. The molecule has 0 atom stereocenters. The molecular formula is C12H14N4O. The van der Waals surface area contributed by atoms with E-state index in [1.54, 1.807) is 24.8 Å². The van der Waals surface area contributed by atoms with Crippen LogP contribution in [0.25, 0.3) is 0 Å². The van der Waals surface area contributed by atoms with E-state index in [1.807, 2.05) is 12.1 Å².